The molecule has 0 aromatic heterocycles. The first-order chi connectivity index (χ1) is 12.2. The van der Waals surface area contributed by atoms with E-state index < -0.39 is 0 Å². The summed E-state index contributed by atoms with van der Waals surface area (Å²) in [6.07, 6.45) is 15.8. The highest BCUT2D eigenvalue weighted by atomic mass is 32.2. The molecule has 1 atom stereocenters. The van der Waals surface area contributed by atoms with Gasteiger partial charge in [-0.3, -0.25) is 4.79 Å². The van der Waals surface area contributed by atoms with Crippen molar-refractivity contribution in [2.75, 3.05) is 0 Å². The van der Waals surface area contributed by atoms with Gasteiger partial charge in [0.05, 0.1) is 0 Å². The predicted octanol–water partition coefficient (Wildman–Crippen LogP) is 7.52. The van der Waals surface area contributed by atoms with Gasteiger partial charge in [0.15, 0.2) is 0 Å². The van der Waals surface area contributed by atoms with Crippen molar-refractivity contribution in [3.05, 3.63) is 35.5 Å². The molecule has 0 aromatic rings. The molecule has 148 valence electrons. The second-order valence-corrected chi connectivity index (χ2v) is 9.76. The molecule has 3 heteroatoms. The van der Waals surface area contributed by atoms with Crippen molar-refractivity contribution in [2.45, 2.75) is 104 Å². The minimum Gasteiger partial charge on any atom is -0.329 e. The van der Waals surface area contributed by atoms with Crippen molar-refractivity contribution >= 4 is 17.0 Å². The van der Waals surface area contributed by atoms with E-state index in [1.165, 1.54) is 17.6 Å². The summed E-state index contributed by atoms with van der Waals surface area (Å²) < 4.78 is -0.0743. The van der Waals surface area contributed by atoms with Crippen LogP contribution in [0.5, 0.6) is 0 Å². The van der Waals surface area contributed by atoms with E-state index in [0.717, 1.165) is 32.1 Å². The Kier molecular flexibility index (Phi) is 9.78. The van der Waals surface area contributed by atoms with Crippen LogP contribution in [0.3, 0.4) is 0 Å². The monoisotopic (exact) mass is 377 g/mol. The number of carbonyl (C=O) groups excluding carboxylic acids is 1. The van der Waals surface area contributed by atoms with Crippen LogP contribution in [-0.2, 0) is 0 Å². The highest BCUT2D eigenvalue weighted by Crippen LogP contribution is 2.41. The minimum absolute atomic E-state index is 0.0743. The summed E-state index contributed by atoms with van der Waals surface area (Å²) in [5, 5.41) is 0.220. The zero-order valence-electron chi connectivity index (χ0n) is 18.0. The largest absolute Gasteiger partial charge is 0.329 e. The summed E-state index contributed by atoms with van der Waals surface area (Å²) >= 11 is 1.55. The standard InChI is InChI=1S/C23H39NOS/c1-18(2)12-11-13-21(7)14-17-23(15-9-8-10-16-23)26-22(25)24(19(3)4)20(5)6/h9,12,14-15,19-20H,8,10-11,13,16-17H2,1-7H3/b21-14+/t23-/m0/s1. The Morgan fingerprint density at radius 3 is 2.31 bits per heavy atom. The van der Waals surface area contributed by atoms with E-state index in [-0.39, 0.29) is 22.1 Å². The first-order valence-corrected chi connectivity index (χ1v) is 11.0. The van der Waals surface area contributed by atoms with Gasteiger partial charge >= 0.3 is 0 Å². The highest BCUT2D eigenvalue weighted by Gasteiger charge is 2.34. The number of thioether (sulfide) groups is 1. The van der Waals surface area contributed by atoms with Gasteiger partial charge in [0.1, 0.15) is 0 Å². The normalized spacial score (nSPS) is 20.6. The lowest BCUT2D eigenvalue weighted by atomic mass is 9.91. The number of hydrogen-bond donors (Lipinski definition) is 0. The third kappa shape index (κ3) is 7.73. The molecule has 0 saturated carbocycles. The summed E-state index contributed by atoms with van der Waals surface area (Å²) in [5.74, 6) is 0. The molecule has 0 aromatic carbocycles. The van der Waals surface area contributed by atoms with Crippen LogP contribution in [-0.4, -0.2) is 27.0 Å². The number of allylic oxidation sites excluding steroid dienone is 5. The molecule has 0 saturated heterocycles. The molecule has 0 unspecified atom stereocenters. The summed E-state index contributed by atoms with van der Waals surface area (Å²) in [5.41, 5.74) is 2.81. The Morgan fingerprint density at radius 1 is 1.15 bits per heavy atom. The van der Waals surface area contributed by atoms with Crippen LogP contribution < -0.4 is 0 Å². The van der Waals surface area contributed by atoms with E-state index in [9.17, 15) is 4.79 Å². The number of amides is 1. The van der Waals surface area contributed by atoms with E-state index in [2.05, 4.69) is 72.8 Å². The van der Waals surface area contributed by atoms with Crippen LogP contribution in [0.1, 0.15) is 87.0 Å². The van der Waals surface area contributed by atoms with Crippen molar-refractivity contribution in [3.8, 4) is 0 Å². The SMILES string of the molecule is CC(C)=CCC/C(C)=C/C[C@]1(SC(=O)N(C(C)C)C(C)C)C=CCCC1. The molecular weight excluding hydrogens is 338 g/mol. The van der Waals surface area contributed by atoms with Gasteiger partial charge < -0.3 is 4.90 Å². The maximum Gasteiger partial charge on any atom is 0.282 e. The van der Waals surface area contributed by atoms with Crippen LogP contribution in [0.25, 0.3) is 0 Å². The van der Waals surface area contributed by atoms with Crippen LogP contribution >= 0.6 is 11.8 Å². The molecule has 26 heavy (non-hydrogen) atoms. The first-order valence-electron chi connectivity index (χ1n) is 10.1. The predicted molar refractivity (Wildman–Crippen MR) is 118 cm³/mol. The van der Waals surface area contributed by atoms with Crippen LogP contribution in [0.15, 0.2) is 35.5 Å². The molecule has 1 aliphatic carbocycles. The molecule has 0 aliphatic heterocycles. The van der Waals surface area contributed by atoms with Crippen LogP contribution in [0, 0.1) is 0 Å². The van der Waals surface area contributed by atoms with E-state index >= 15 is 0 Å². The molecular formula is C23H39NOS. The molecule has 1 rings (SSSR count). The summed E-state index contributed by atoms with van der Waals surface area (Å²) in [4.78, 5) is 15.0. The van der Waals surface area contributed by atoms with E-state index in [1.807, 2.05) is 4.90 Å². The molecule has 0 bridgehead atoms. The summed E-state index contributed by atoms with van der Waals surface area (Å²) in [6.45, 7) is 14.9. The quantitative estimate of drug-likeness (QED) is 0.408. The number of hydrogen-bond acceptors (Lipinski definition) is 2. The average Bonchev–Trinajstić information content (AvgIpc) is 2.52. The number of carbonyl (C=O) groups is 1. The Bertz CT molecular complexity index is 532. The maximum absolute atomic E-state index is 13.0. The summed E-state index contributed by atoms with van der Waals surface area (Å²) in [7, 11) is 0. The second-order valence-electron chi connectivity index (χ2n) is 8.40. The van der Waals surface area contributed by atoms with E-state index in [0.29, 0.717) is 0 Å². The highest BCUT2D eigenvalue weighted by molar-refractivity contribution is 8.14. The molecule has 1 aliphatic rings. The molecule has 1 amide bonds. The number of nitrogens with zero attached hydrogens (tertiary/aromatic N) is 1. The lowest BCUT2D eigenvalue weighted by Crippen LogP contribution is -2.42. The first kappa shape index (κ1) is 23.1. The lowest BCUT2D eigenvalue weighted by Gasteiger charge is -2.36. The molecule has 0 spiro atoms. The lowest BCUT2D eigenvalue weighted by molar-refractivity contribution is 0.189. The maximum atomic E-state index is 13.0. The van der Waals surface area contributed by atoms with Crippen molar-refractivity contribution in [1.29, 1.82) is 0 Å². The Morgan fingerprint density at radius 2 is 1.81 bits per heavy atom. The zero-order valence-corrected chi connectivity index (χ0v) is 18.8. The van der Waals surface area contributed by atoms with Gasteiger partial charge in [-0.2, -0.15) is 0 Å². The van der Waals surface area contributed by atoms with Crippen molar-refractivity contribution in [1.82, 2.24) is 4.90 Å². The van der Waals surface area contributed by atoms with Gasteiger partial charge in [-0.1, -0.05) is 47.2 Å². The molecule has 0 radical (unpaired) electrons. The molecule has 0 heterocycles. The zero-order chi connectivity index (χ0) is 19.7. The minimum atomic E-state index is -0.0743. The smallest absolute Gasteiger partial charge is 0.282 e. The van der Waals surface area contributed by atoms with Gasteiger partial charge in [-0.05, 0) is 87.0 Å². The second kappa shape index (κ2) is 11.0. The Hall–Kier alpha value is -0.960. The fraction of sp³-hybridized carbons (Fsp3) is 0.696. The third-order valence-corrected chi connectivity index (χ3v) is 6.19. The van der Waals surface area contributed by atoms with Crippen molar-refractivity contribution < 1.29 is 4.79 Å². The average molecular weight is 378 g/mol. The van der Waals surface area contributed by atoms with Crippen molar-refractivity contribution in [2.24, 2.45) is 0 Å². The third-order valence-electron chi connectivity index (χ3n) is 4.89. The van der Waals surface area contributed by atoms with Gasteiger partial charge in [0.25, 0.3) is 5.24 Å². The molecule has 2 nitrogen and oxygen atoms in total. The molecule has 0 N–H and O–H groups in total. The van der Waals surface area contributed by atoms with E-state index in [1.54, 1.807) is 11.8 Å². The van der Waals surface area contributed by atoms with Gasteiger partial charge in [-0.15, -0.1) is 0 Å². The van der Waals surface area contributed by atoms with Crippen LogP contribution in [0.2, 0.25) is 0 Å². The topological polar surface area (TPSA) is 20.3 Å². The fourth-order valence-electron chi connectivity index (χ4n) is 3.48. The molecule has 0 fully saturated rings. The van der Waals surface area contributed by atoms with Crippen LogP contribution in [0.4, 0.5) is 4.79 Å². The Labute approximate surface area is 166 Å². The van der Waals surface area contributed by atoms with Gasteiger partial charge in [0.2, 0.25) is 0 Å². The summed E-state index contributed by atoms with van der Waals surface area (Å²) in [6, 6.07) is 0.474. The van der Waals surface area contributed by atoms with Gasteiger partial charge in [-0.25, -0.2) is 0 Å². The van der Waals surface area contributed by atoms with E-state index in [4.69, 9.17) is 0 Å². The number of rotatable bonds is 8. The van der Waals surface area contributed by atoms with Gasteiger partial charge in [0, 0.05) is 16.8 Å². The van der Waals surface area contributed by atoms with Crippen molar-refractivity contribution in [3.63, 3.8) is 0 Å². The fourth-order valence-corrected chi connectivity index (χ4v) is 4.93. The Balaban J connectivity index is 2.84.